The van der Waals surface area contributed by atoms with Crippen LogP contribution >= 0.6 is 0 Å². The molecule has 2 fully saturated rings. The standard InChI is InChI=1S/C21H33N2O/c1-4-23(15-7-5-6-8-16-23)19-13-10-14-22(21(19)24)20-17(2)11-9-12-18(20)3/h9,11-12,19H,4-8,10,13-16H2,1-3H3/q+1. The van der Waals surface area contributed by atoms with Crippen LogP contribution in [0.25, 0.3) is 0 Å². The molecule has 0 saturated carbocycles. The van der Waals surface area contributed by atoms with Gasteiger partial charge >= 0.3 is 0 Å². The Kier molecular flexibility index (Phi) is 5.29. The highest BCUT2D eigenvalue weighted by Gasteiger charge is 2.45. The number of hydrogen-bond donors (Lipinski definition) is 0. The number of aryl methyl sites for hydroxylation is 2. The number of likely N-dealkylation sites (tertiary alicyclic amines) is 1. The maximum Gasteiger partial charge on any atom is 0.285 e. The third kappa shape index (κ3) is 3.11. The Morgan fingerprint density at radius 1 is 1.04 bits per heavy atom. The number of benzene rings is 1. The summed E-state index contributed by atoms with van der Waals surface area (Å²) in [4.78, 5) is 15.6. The summed E-state index contributed by atoms with van der Waals surface area (Å²) in [6.07, 6.45) is 7.42. The van der Waals surface area contributed by atoms with Crippen LogP contribution in [0, 0.1) is 13.8 Å². The van der Waals surface area contributed by atoms with Crippen molar-refractivity contribution in [2.75, 3.05) is 31.1 Å². The lowest BCUT2D eigenvalue weighted by molar-refractivity contribution is -0.941. The van der Waals surface area contributed by atoms with Crippen LogP contribution in [-0.4, -0.2) is 42.6 Å². The number of likely N-dealkylation sites (N-methyl/N-ethyl adjacent to an activating group) is 1. The molecule has 24 heavy (non-hydrogen) atoms. The molecular weight excluding hydrogens is 296 g/mol. The molecule has 2 heterocycles. The van der Waals surface area contributed by atoms with E-state index in [4.69, 9.17) is 0 Å². The smallest absolute Gasteiger partial charge is 0.285 e. The molecule has 1 aromatic carbocycles. The molecule has 1 unspecified atom stereocenters. The Hall–Kier alpha value is -1.35. The van der Waals surface area contributed by atoms with Gasteiger partial charge in [-0.3, -0.25) is 4.79 Å². The highest BCUT2D eigenvalue weighted by atomic mass is 16.2. The van der Waals surface area contributed by atoms with E-state index in [2.05, 4.69) is 43.9 Å². The molecule has 1 amide bonds. The molecule has 2 saturated heterocycles. The van der Waals surface area contributed by atoms with Gasteiger partial charge in [0.25, 0.3) is 5.91 Å². The summed E-state index contributed by atoms with van der Waals surface area (Å²) < 4.78 is 1.03. The van der Waals surface area contributed by atoms with E-state index < -0.39 is 0 Å². The summed E-state index contributed by atoms with van der Waals surface area (Å²) in [6.45, 7) is 10.9. The van der Waals surface area contributed by atoms with Gasteiger partial charge in [0, 0.05) is 18.7 Å². The lowest BCUT2D eigenvalue weighted by Crippen LogP contribution is -2.64. The predicted molar refractivity (Wildman–Crippen MR) is 100 cm³/mol. The summed E-state index contributed by atoms with van der Waals surface area (Å²) in [6, 6.07) is 6.53. The van der Waals surface area contributed by atoms with Crippen molar-refractivity contribution in [2.45, 2.75) is 65.3 Å². The molecule has 1 atom stereocenters. The van der Waals surface area contributed by atoms with Crippen LogP contribution in [-0.2, 0) is 4.79 Å². The highest BCUT2D eigenvalue weighted by Crippen LogP contribution is 2.33. The van der Waals surface area contributed by atoms with Crippen LogP contribution in [0.2, 0.25) is 0 Å². The molecule has 0 aromatic heterocycles. The monoisotopic (exact) mass is 329 g/mol. The first-order valence-corrected chi connectivity index (χ1v) is 9.82. The van der Waals surface area contributed by atoms with Crippen molar-refractivity contribution in [1.82, 2.24) is 0 Å². The number of piperidine rings is 1. The Labute approximate surface area is 147 Å². The maximum absolute atomic E-state index is 13.5. The van der Waals surface area contributed by atoms with E-state index in [0.29, 0.717) is 5.91 Å². The number of carbonyl (C=O) groups is 1. The second-order valence-electron chi connectivity index (χ2n) is 7.78. The van der Waals surface area contributed by atoms with Crippen molar-refractivity contribution in [3.8, 4) is 0 Å². The molecule has 3 nitrogen and oxygen atoms in total. The largest absolute Gasteiger partial charge is 0.314 e. The average molecular weight is 330 g/mol. The van der Waals surface area contributed by atoms with Crippen molar-refractivity contribution < 1.29 is 9.28 Å². The van der Waals surface area contributed by atoms with Gasteiger partial charge in [-0.25, -0.2) is 0 Å². The van der Waals surface area contributed by atoms with Crippen LogP contribution in [0.15, 0.2) is 18.2 Å². The summed E-state index contributed by atoms with van der Waals surface area (Å²) in [7, 11) is 0. The summed E-state index contributed by atoms with van der Waals surface area (Å²) in [5.74, 6) is 0.377. The fourth-order valence-electron chi connectivity index (χ4n) is 4.98. The molecule has 0 N–H and O–H groups in total. The Balaban J connectivity index is 1.92. The minimum absolute atomic E-state index is 0.167. The van der Waals surface area contributed by atoms with E-state index in [9.17, 15) is 4.79 Å². The van der Waals surface area contributed by atoms with Gasteiger partial charge in [-0.1, -0.05) is 18.2 Å². The summed E-state index contributed by atoms with van der Waals surface area (Å²) in [5, 5.41) is 0. The van der Waals surface area contributed by atoms with Gasteiger partial charge in [0.05, 0.1) is 19.6 Å². The van der Waals surface area contributed by atoms with Gasteiger partial charge in [-0.2, -0.15) is 0 Å². The zero-order valence-corrected chi connectivity index (χ0v) is 15.7. The topological polar surface area (TPSA) is 20.3 Å². The summed E-state index contributed by atoms with van der Waals surface area (Å²) >= 11 is 0. The van der Waals surface area contributed by atoms with Crippen LogP contribution in [0.1, 0.15) is 56.6 Å². The lowest BCUT2D eigenvalue weighted by atomic mass is 9.97. The minimum Gasteiger partial charge on any atom is -0.314 e. The molecule has 3 rings (SSSR count). The van der Waals surface area contributed by atoms with E-state index in [1.165, 1.54) is 49.9 Å². The number of hydrogen-bond acceptors (Lipinski definition) is 1. The quantitative estimate of drug-likeness (QED) is 0.761. The van der Waals surface area contributed by atoms with Crippen LogP contribution in [0.5, 0.6) is 0 Å². The number of rotatable bonds is 3. The predicted octanol–water partition coefficient (Wildman–Crippen LogP) is 4.21. The van der Waals surface area contributed by atoms with Gasteiger partial charge in [0.1, 0.15) is 0 Å². The molecule has 3 heteroatoms. The van der Waals surface area contributed by atoms with Crippen LogP contribution in [0.4, 0.5) is 5.69 Å². The Morgan fingerprint density at radius 3 is 2.25 bits per heavy atom. The molecule has 0 radical (unpaired) electrons. The van der Waals surface area contributed by atoms with Gasteiger partial charge in [0.2, 0.25) is 0 Å². The first kappa shape index (κ1) is 17.5. The van der Waals surface area contributed by atoms with E-state index >= 15 is 0 Å². The first-order valence-electron chi connectivity index (χ1n) is 9.82. The van der Waals surface area contributed by atoms with E-state index in [-0.39, 0.29) is 6.04 Å². The number of nitrogens with zero attached hydrogens (tertiary/aromatic N) is 2. The number of carbonyl (C=O) groups excluding carboxylic acids is 1. The normalized spacial score (nSPS) is 24.7. The van der Waals surface area contributed by atoms with Gasteiger partial charge in [0.15, 0.2) is 6.04 Å². The van der Waals surface area contributed by atoms with Crippen molar-refractivity contribution in [2.24, 2.45) is 0 Å². The zero-order valence-electron chi connectivity index (χ0n) is 15.7. The summed E-state index contributed by atoms with van der Waals surface area (Å²) in [5.41, 5.74) is 3.61. The molecule has 0 spiro atoms. The molecular formula is C21H33N2O+. The van der Waals surface area contributed by atoms with Crippen molar-refractivity contribution in [1.29, 1.82) is 0 Å². The lowest BCUT2D eigenvalue weighted by Gasteiger charge is -2.47. The number of para-hydroxylation sites is 1. The average Bonchev–Trinajstić information content (AvgIpc) is 2.82. The van der Waals surface area contributed by atoms with E-state index in [0.717, 1.165) is 36.1 Å². The molecule has 2 aliphatic heterocycles. The van der Waals surface area contributed by atoms with Gasteiger partial charge in [-0.15, -0.1) is 0 Å². The highest BCUT2D eigenvalue weighted by molar-refractivity contribution is 5.98. The zero-order chi connectivity index (χ0) is 17.2. The Morgan fingerprint density at radius 2 is 1.67 bits per heavy atom. The second kappa shape index (κ2) is 7.26. The Bertz CT molecular complexity index is 567. The van der Waals surface area contributed by atoms with Gasteiger partial charge < -0.3 is 9.38 Å². The third-order valence-electron chi connectivity index (χ3n) is 6.37. The van der Waals surface area contributed by atoms with Crippen molar-refractivity contribution >= 4 is 11.6 Å². The minimum atomic E-state index is 0.167. The number of quaternary nitrogens is 1. The fourth-order valence-corrected chi connectivity index (χ4v) is 4.98. The molecule has 0 bridgehead atoms. The third-order valence-corrected chi connectivity index (χ3v) is 6.37. The van der Waals surface area contributed by atoms with Crippen LogP contribution < -0.4 is 4.90 Å². The first-order chi connectivity index (χ1) is 11.6. The molecule has 0 aliphatic carbocycles. The van der Waals surface area contributed by atoms with Crippen molar-refractivity contribution in [3.05, 3.63) is 29.3 Å². The van der Waals surface area contributed by atoms with Crippen LogP contribution in [0.3, 0.4) is 0 Å². The fraction of sp³-hybridized carbons (Fsp3) is 0.667. The molecule has 132 valence electrons. The maximum atomic E-state index is 13.5. The SMILES string of the molecule is CC[N+]1(C2CCCN(c3c(C)cccc3C)C2=O)CCCCCC1. The van der Waals surface area contributed by atoms with E-state index in [1.54, 1.807) is 0 Å². The van der Waals surface area contributed by atoms with Crippen molar-refractivity contribution in [3.63, 3.8) is 0 Å². The van der Waals surface area contributed by atoms with Gasteiger partial charge in [-0.05, 0) is 64.0 Å². The molecule has 1 aromatic rings. The number of anilines is 1. The number of amides is 1. The second-order valence-corrected chi connectivity index (χ2v) is 7.78. The van der Waals surface area contributed by atoms with E-state index in [1.807, 2.05) is 0 Å². The molecule has 2 aliphatic rings.